The Morgan fingerprint density at radius 1 is 1.14 bits per heavy atom. The van der Waals surface area contributed by atoms with Gasteiger partial charge in [-0.1, -0.05) is 34.5 Å². The van der Waals surface area contributed by atoms with Crippen molar-refractivity contribution < 1.29 is 9.53 Å². The average Bonchev–Trinajstić information content (AvgIpc) is 2.88. The summed E-state index contributed by atoms with van der Waals surface area (Å²) in [5.74, 6) is 0.302. The zero-order valence-electron chi connectivity index (χ0n) is 11.2. The first-order valence-corrected chi connectivity index (χ1v) is 7.92. The van der Waals surface area contributed by atoms with Crippen molar-refractivity contribution in [3.63, 3.8) is 0 Å². The number of hydrogen-bond acceptors (Lipinski definition) is 4. The van der Waals surface area contributed by atoms with Gasteiger partial charge in [-0.05, 0) is 42.5 Å². The van der Waals surface area contributed by atoms with Gasteiger partial charge in [-0.3, -0.25) is 10.1 Å². The van der Waals surface area contributed by atoms with E-state index in [1.165, 1.54) is 11.3 Å². The van der Waals surface area contributed by atoms with Gasteiger partial charge in [-0.25, -0.2) is 4.98 Å². The molecule has 0 fully saturated rings. The molecule has 0 saturated heterocycles. The molecule has 7 heteroatoms. The summed E-state index contributed by atoms with van der Waals surface area (Å²) in [4.78, 5) is 16.2. The van der Waals surface area contributed by atoms with Crippen molar-refractivity contribution in [2.75, 3.05) is 11.9 Å². The Morgan fingerprint density at radius 3 is 2.64 bits per heavy atom. The van der Waals surface area contributed by atoms with Gasteiger partial charge in [0.05, 0.1) is 10.2 Å². The van der Waals surface area contributed by atoms with Crippen LogP contribution in [0.5, 0.6) is 5.75 Å². The molecule has 0 spiro atoms. The highest BCUT2D eigenvalue weighted by molar-refractivity contribution is 7.22. The molecule has 1 amide bonds. The second-order valence-corrected chi connectivity index (χ2v) is 6.33. The minimum absolute atomic E-state index is 0.0989. The van der Waals surface area contributed by atoms with E-state index in [9.17, 15) is 4.79 Å². The maximum absolute atomic E-state index is 11.9. The highest BCUT2D eigenvalue weighted by Gasteiger charge is 2.09. The molecule has 3 rings (SSSR count). The van der Waals surface area contributed by atoms with Gasteiger partial charge in [0.15, 0.2) is 11.7 Å². The van der Waals surface area contributed by atoms with Crippen LogP contribution in [0.3, 0.4) is 0 Å². The van der Waals surface area contributed by atoms with E-state index >= 15 is 0 Å². The lowest BCUT2D eigenvalue weighted by Crippen LogP contribution is -2.19. The lowest BCUT2D eigenvalue weighted by Gasteiger charge is -2.05. The van der Waals surface area contributed by atoms with Crippen molar-refractivity contribution in [3.8, 4) is 5.75 Å². The molecule has 4 nitrogen and oxygen atoms in total. The Morgan fingerprint density at radius 2 is 1.86 bits per heavy atom. The van der Waals surface area contributed by atoms with Crippen LogP contribution in [0.25, 0.3) is 10.2 Å². The van der Waals surface area contributed by atoms with E-state index in [4.69, 9.17) is 27.9 Å². The largest absolute Gasteiger partial charge is 0.484 e. The van der Waals surface area contributed by atoms with Crippen LogP contribution in [0.4, 0.5) is 5.13 Å². The molecule has 112 valence electrons. The SMILES string of the molecule is O=C(COc1ccc(Cl)cc1)Nc1nc2ccc(Cl)cc2s1. The molecule has 1 N–H and O–H groups in total. The van der Waals surface area contributed by atoms with E-state index in [2.05, 4.69) is 10.3 Å². The standard InChI is InChI=1S/C15H10Cl2N2O2S/c16-9-1-4-11(5-2-9)21-8-14(20)19-15-18-12-6-3-10(17)7-13(12)22-15/h1-7H,8H2,(H,18,19,20). The molecule has 0 aliphatic heterocycles. The first-order valence-electron chi connectivity index (χ1n) is 6.34. The summed E-state index contributed by atoms with van der Waals surface area (Å²) in [5.41, 5.74) is 0.795. The van der Waals surface area contributed by atoms with Crippen molar-refractivity contribution >= 4 is 55.8 Å². The fourth-order valence-electron chi connectivity index (χ4n) is 1.79. The van der Waals surface area contributed by atoms with E-state index < -0.39 is 0 Å². The fourth-order valence-corrected chi connectivity index (χ4v) is 3.07. The minimum atomic E-state index is -0.278. The Labute approximate surface area is 140 Å². The van der Waals surface area contributed by atoms with Crippen molar-refractivity contribution in [1.82, 2.24) is 4.98 Å². The van der Waals surface area contributed by atoms with Gasteiger partial charge >= 0.3 is 0 Å². The minimum Gasteiger partial charge on any atom is -0.484 e. The smallest absolute Gasteiger partial charge is 0.264 e. The second-order valence-electron chi connectivity index (χ2n) is 4.42. The lowest BCUT2D eigenvalue weighted by atomic mass is 10.3. The first-order chi connectivity index (χ1) is 10.6. The van der Waals surface area contributed by atoms with Crippen LogP contribution >= 0.6 is 34.5 Å². The molecule has 0 aliphatic carbocycles. The quantitative estimate of drug-likeness (QED) is 0.745. The summed E-state index contributed by atoms with van der Waals surface area (Å²) in [7, 11) is 0. The third kappa shape index (κ3) is 3.68. The van der Waals surface area contributed by atoms with Gasteiger partial charge in [-0.2, -0.15) is 0 Å². The van der Waals surface area contributed by atoms with Crippen LogP contribution in [0.15, 0.2) is 42.5 Å². The summed E-state index contributed by atoms with van der Waals surface area (Å²) < 4.78 is 6.29. The molecule has 0 unspecified atom stereocenters. The monoisotopic (exact) mass is 352 g/mol. The lowest BCUT2D eigenvalue weighted by molar-refractivity contribution is -0.118. The number of rotatable bonds is 4. The van der Waals surface area contributed by atoms with E-state index in [1.807, 2.05) is 12.1 Å². The number of ether oxygens (including phenoxy) is 1. The molecule has 1 aromatic heterocycles. The number of anilines is 1. The third-order valence-corrected chi connectivity index (χ3v) is 4.20. The van der Waals surface area contributed by atoms with Crippen LogP contribution in [0.1, 0.15) is 0 Å². The van der Waals surface area contributed by atoms with Gasteiger partial charge in [0.2, 0.25) is 0 Å². The van der Waals surface area contributed by atoms with Crippen LogP contribution in [-0.2, 0) is 4.79 Å². The molecule has 0 radical (unpaired) electrons. The Balaban J connectivity index is 1.61. The summed E-state index contributed by atoms with van der Waals surface area (Å²) >= 11 is 13.1. The number of thiazole rings is 1. The van der Waals surface area contributed by atoms with Crippen LogP contribution in [0.2, 0.25) is 10.0 Å². The number of nitrogens with zero attached hydrogens (tertiary/aromatic N) is 1. The number of hydrogen-bond donors (Lipinski definition) is 1. The summed E-state index contributed by atoms with van der Waals surface area (Å²) in [6, 6.07) is 12.2. The third-order valence-electron chi connectivity index (χ3n) is 2.78. The first kappa shape index (κ1) is 15.1. The number of nitrogens with one attached hydrogen (secondary N) is 1. The zero-order valence-corrected chi connectivity index (χ0v) is 13.5. The number of aromatic nitrogens is 1. The van der Waals surface area contributed by atoms with Crippen molar-refractivity contribution in [3.05, 3.63) is 52.5 Å². The molecule has 22 heavy (non-hydrogen) atoms. The predicted molar refractivity (Wildman–Crippen MR) is 90.2 cm³/mol. The van der Waals surface area contributed by atoms with Gasteiger partial charge in [0, 0.05) is 10.0 Å². The maximum atomic E-state index is 11.9. The van der Waals surface area contributed by atoms with Crippen LogP contribution in [0, 0.1) is 0 Å². The highest BCUT2D eigenvalue weighted by Crippen LogP contribution is 2.28. The molecular weight excluding hydrogens is 343 g/mol. The molecular formula is C15H10Cl2N2O2S. The van der Waals surface area contributed by atoms with Gasteiger partial charge < -0.3 is 4.74 Å². The normalized spacial score (nSPS) is 10.6. The Hall–Kier alpha value is -1.82. The van der Waals surface area contributed by atoms with E-state index in [0.717, 1.165) is 10.2 Å². The molecule has 0 bridgehead atoms. The van der Waals surface area contributed by atoms with Crippen LogP contribution < -0.4 is 10.1 Å². The van der Waals surface area contributed by atoms with Gasteiger partial charge in [-0.15, -0.1) is 0 Å². The number of fused-ring (bicyclic) bond motifs is 1. The number of benzene rings is 2. The van der Waals surface area contributed by atoms with Gasteiger partial charge in [0.1, 0.15) is 5.75 Å². The van der Waals surface area contributed by atoms with E-state index in [0.29, 0.717) is 20.9 Å². The van der Waals surface area contributed by atoms with Crippen molar-refractivity contribution in [1.29, 1.82) is 0 Å². The zero-order chi connectivity index (χ0) is 15.5. The molecule has 0 atom stereocenters. The Kier molecular flexibility index (Phi) is 4.47. The number of carbonyl (C=O) groups excluding carboxylic acids is 1. The van der Waals surface area contributed by atoms with Crippen molar-refractivity contribution in [2.45, 2.75) is 0 Å². The Bertz CT molecular complexity index is 818. The number of amides is 1. The topological polar surface area (TPSA) is 51.2 Å². The summed E-state index contributed by atoms with van der Waals surface area (Å²) in [5, 5.41) is 4.48. The fraction of sp³-hybridized carbons (Fsp3) is 0.0667. The van der Waals surface area contributed by atoms with E-state index in [-0.39, 0.29) is 12.5 Å². The molecule has 2 aromatic carbocycles. The van der Waals surface area contributed by atoms with E-state index in [1.54, 1.807) is 30.3 Å². The molecule has 3 aromatic rings. The maximum Gasteiger partial charge on any atom is 0.264 e. The van der Waals surface area contributed by atoms with Crippen molar-refractivity contribution in [2.24, 2.45) is 0 Å². The second kappa shape index (κ2) is 6.52. The number of carbonyl (C=O) groups is 1. The summed E-state index contributed by atoms with van der Waals surface area (Å²) in [6.45, 7) is -0.0989. The van der Waals surface area contributed by atoms with Gasteiger partial charge in [0.25, 0.3) is 5.91 Å². The van der Waals surface area contributed by atoms with Crippen LogP contribution in [-0.4, -0.2) is 17.5 Å². The molecule has 0 aliphatic rings. The highest BCUT2D eigenvalue weighted by atomic mass is 35.5. The molecule has 0 saturated carbocycles. The molecule has 1 heterocycles. The predicted octanol–water partition coefficient (Wildman–Crippen LogP) is 4.62. The average molecular weight is 353 g/mol. The number of halogens is 2. The summed E-state index contributed by atoms with van der Waals surface area (Å²) in [6.07, 6.45) is 0.